The van der Waals surface area contributed by atoms with Gasteiger partial charge in [0.2, 0.25) is 0 Å². The van der Waals surface area contributed by atoms with Gasteiger partial charge in [-0.15, -0.1) is 0 Å². The zero-order chi connectivity index (χ0) is 13.7. The van der Waals surface area contributed by atoms with E-state index in [0.717, 1.165) is 23.5 Å². The Kier molecular flexibility index (Phi) is 5.50. The first-order valence-electron chi connectivity index (χ1n) is 6.03. The third-order valence-corrected chi connectivity index (χ3v) is 3.14. The minimum Gasteiger partial charge on any atom is -0.389 e. The number of aromatic nitrogens is 1. The molecule has 0 saturated heterocycles. The first-order valence-corrected chi connectivity index (χ1v) is 6.44. The van der Waals surface area contributed by atoms with Gasteiger partial charge >= 0.3 is 0 Å². The Morgan fingerprint density at radius 2 is 2.28 bits per heavy atom. The number of hydrogen-bond acceptors (Lipinski definition) is 4. The van der Waals surface area contributed by atoms with E-state index in [1.165, 1.54) is 0 Å². The van der Waals surface area contributed by atoms with Crippen LogP contribution in [0.3, 0.4) is 0 Å². The summed E-state index contributed by atoms with van der Waals surface area (Å²) < 4.78 is 5.20. The molecule has 0 bridgehead atoms. The summed E-state index contributed by atoms with van der Waals surface area (Å²) in [6.07, 6.45) is 1.79. The molecule has 0 amide bonds. The molecule has 5 heteroatoms. The highest BCUT2D eigenvalue weighted by molar-refractivity contribution is 7.80. The van der Waals surface area contributed by atoms with Crippen LogP contribution in [-0.4, -0.2) is 36.3 Å². The van der Waals surface area contributed by atoms with Crippen molar-refractivity contribution in [2.75, 3.05) is 25.2 Å². The number of aryl methyl sites for hydroxylation is 1. The van der Waals surface area contributed by atoms with E-state index in [2.05, 4.69) is 23.7 Å². The molecule has 0 aliphatic heterocycles. The number of anilines is 1. The standard InChI is InChI=1S/C13H21N3OS/c1-5-16(10(3)8-17-4)13-11(12(14)18)9(2)6-7-15-13/h6-7,10H,5,8H2,1-4H3,(H2,14,18). The van der Waals surface area contributed by atoms with Gasteiger partial charge in [-0.3, -0.25) is 0 Å². The molecule has 1 heterocycles. The van der Waals surface area contributed by atoms with Crippen LogP contribution >= 0.6 is 12.2 Å². The van der Waals surface area contributed by atoms with Gasteiger partial charge in [-0.05, 0) is 32.4 Å². The summed E-state index contributed by atoms with van der Waals surface area (Å²) in [5, 5.41) is 0. The van der Waals surface area contributed by atoms with Gasteiger partial charge in [-0.25, -0.2) is 4.98 Å². The lowest BCUT2D eigenvalue weighted by atomic mass is 10.1. The van der Waals surface area contributed by atoms with E-state index in [1.54, 1.807) is 13.3 Å². The number of likely N-dealkylation sites (N-methyl/N-ethyl adjacent to an activating group) is 1. The number of methoxy groups -OCH3 is 1. The monoisotopic (exact) mass is 267 g/mol. The van der Waals surface area contributed by atoms with Gasteiger partial charge in [0.15, 0.2) is 0 Å². The minimum atomic E-state index is 0.224. The summed E-state index contributed by atoms with van der Waals surface area (Å²) in [7, 11) is 1.70. The quantitative estimate of drug-likeness (QED) is 0.798. The number of thiocarbonyl (C=S) groups is 1. The second-order valence-corrected chi connectivity index (χ2v) is 4.72. The van der Waals surface area contributed by atoms with Gasteiger partial charge in [0, 0.05) is 19.9 Å². The Balaban J connectivity index is 3.21. The molecular weight excluding hydrogens is 246 g/mol. The average Bonchev–Trinajstić information content (AvgIpc) is 2.29. The van der Waals surface area contributed by atoms with Gasteiger partial charge in [-0.2, -0.15) is 0 Å². The number of rotatable bonds is 6. The second kappa shape index (κ2) is 6.66. The fourth-order valence-corrected chi connectivity index (χ4v) is 2.32. The first-order chi connectivity index (χ1) is 8.52. The summed E-state index contributed by atoms with van der Waals surface area (Å²) >= 11 is 5.14. The Morgan fingerprint density at radius 3 is 2.78 bits per heavy atom. The van der Waals surface area contributed by atoms with Crippen LogP contribution in [0.4, 0.5) is 5.82 Å². The maximum Gasteiger partial charge on any atom is 0.139 e. The Hall–Kier alpha value is -1.20. The molecule has 1 unspecified atom stereocenters. The molecule has 0 spiro atoms. The van der Waals surface area contributed by atoms with E-state index < -0.39 is 0 Å². The minimum absolute atomic E-state index is 0.224. The first kappa shape index (κ1) is 14.9. The van der Waals surface area contributed by atoms with Crippen molar-refractivity contribution in [3.8, 4) is 0 Å². The van der Waals surface area contributed by atoms with Crippen LogP contribution in [0.15, 0.2) is 12.3 Å². The van der Waals surface area contributed by atoms with E-state index >= 15 is 0 Å². The van der Waals surface area contributed by atoms with Crippen LogP contribution in [-0.2, 0) is 4.74 Å². The van der Waals surface area contributed by atoms with Crippen LogP contribution in [0.1, 0.15) is 25.0 Å². The molecule has 1 atom stereocenters. The normalized spacial score (nSPS) is 12.2. The highest BCUT2D eigenvalue weighted by atomic mass is 32.1. The van der Waals surface area contributed by atoms with Crippen LogP contribution in [0.25, 0.3) is 0 Å². The van der Waals surface area contributed by atoms with Gasteiger partial charge in [0.25, 0.3) is 0 Å². The third-order valence-electron chi connectivity index (χ3n) is 2.94. The van der Waals surface area contributed by atoms with Crippen molar-refractivity contribution < 1.29 is 4.74 Å². The van der Waals surface area contributed by atoms with Crippen molar-refractivity contribution in [3.05, 3.63) is 23.4 Å². The predicted octanol–water partition coefficient (Wildman–Crippen LogP) is 1.89. The molecule has 0 radical (unpaired) electrons. The molecule has 1 aromatic heterocycles. The molecule has 0 saturated carbocycles. The molecule has 4 nitrogen and oxygen atoms in total. The Labute approximate surface area is 114 Å². The van der Waals surface area contributed by atoms with Crippen molar-refractivity contribution in [2.45, 2.75) is 26.8 Å². The van der Waals surface area contributed by atoms with E-state index in [0.29, 0.717) is 11.6 Å². The number of pyridine rings is 1. The average molecular weight is 267 g/mol. The van der Waals surface area contributed by atoms with Crippen LogP contribution < -0.4 is 10.6 Å². The van der Waals surface area contributed by atoms with Crippen LogP contribution in [0.2, 0.25) is 0 Å². The summed E-state index contributed by atoms with van der Waals surface area (Å²) in [4.78, 5) is 6.98. The van der Waals surface area contributed by atoms with Crippen LogP contribution in [0, 0.1) is 6.92 Å². The number of hydrogen-bond donors (Lipinski definition) is 1. The lowest BCUT2D eigenvalue weighted by Gasteiger charge is -2.30. The number of ether oxygens (including phenoxy) is 1. The molecule has 18 heavy (non-hydrogen) atoms. The van der Waals surface area contributed by atoms with Gasteiger partial charge in [0.05, 0.1) is 18.2 Å². The van der Waals surface area contributed by atoms with Gasteiger partial charge in [-0.1, -0.05) is 12.2 Å². The molecule has 1 rings (SSSR count). The zero-order valence-corrected chi connectivity index (χ0v) is 12.3. The van der Waals surface area contributed by atoms with Crippen molar-refractivity contribution in [3.63, 3.8) is 0 Å². The molecule has 0 aliphatic carbocycles. The molecular formula is C13H21N3OS. The maximum absolute atomic E-state index is 5.82. The molecule has 0 aliphatic rings. The van der Waals surface area contributed by atoms with E-state index in [-0.39, 0.29) is 6.04 Å². The van der Waals surface area contributed by atoms with Gasteiger partial charge < -0.3 is 15.4 Å². The molecule has 0 aromatic carbocycles. The second-order valence-electron chi connectivity index (χ2n) is 4.28. The van der Waals surface area contributed by atoms with E-state index in [1.807, 2.05) is 13.0 Å². The summed E-state index contributed by atoms with van der Waals surface area (Å²) in [5.74, 6) is 0.842. The van der Waals surface area contributed by atoms with Crippen molar-refractivity contribution in [1.82, 2.24) is 4.98 Å². The number of nitrogens with two attached hydrogens (primary N) is 1. The summed E-state index contributed by atoms with van der Waals surface area (Å²) in [6.45, 7) is 7.64. The fourth-order valence-electron chi connectivity index (χ4n) is 2.07. The Bertz CT molecular complexity index is 423. The van der Waals surface area contributed by atoms with Crippen molar-refractivity contribution in [2.24, 2.45) is 5.73 Å². The summed E-state index contributed by atoms with van der Waals surface area (Å²) in [5.41, 5.74) is 7.73. The maximum atomic E-state index is 5.82. The molecule has 0 fully saturated rings. The molecule has 100 valence electrons. The van der Waals surface area contributed by atoms with E-state index in [9.17, 15) is 0 Å². The topological polar surface area (TPSA) is 51.4 Å². The fraction of sp³-hybridized carbons (Fsp3) is 0.538. The van der Waals surface area contributed by atoms with E-state index in [4.69, 9.17) is 22.7 Å². The number of nitrogens with zero attached hydrogens (tertiary/aromatic N) is 2. The highest BCUT2D eigenvalue weighted by Gasteiger charge is 2.19. The molecule has 2 N–H and O–H groups in total. The lowest BCUT2D eigenvalue weighted by molar-refractivity contribution is 0.181. The Morgan fingerprint density at radius 1 is 1.61 bits per heavy atom. The van der Waals surface area contributed by atoms with Gasteiger partial charge in [0.1, 0.15) is 10.8 Å². The van der Waals surface area contributed by atoms with Crippen LogP contribution in [0.5, 0.6) is 0 Å². The van der Waals surface area contributed by atoms with Crippen molar-refractivity contribution in [1.29, 1.82) is 0 Å². The highest BCUT2D eigenvalue weighted by Crippen LogP contribution is 2.22. The van der Waals surface area contributed by atoms with Crippen molar-refractivity contribution >= 4 is 23.0 Å². The smallest absolute Gasteiger partial charge is 0.139 e. The largest absolute Gasteiger partial charge is 0.389 e. The SMILES string of the molecule is CCN(c1nccc(C)c1C(N)=S)C(C)COC. The third kappa shape index (κ3) is 3.17. The molecule has 1 aromatic rings. The lowest BCUT2D eigenvalue weighted by Crippen LogP contribution is -2.38. The predicted molar refractivity (Wildman–Crippen MR) is 79.2 cm³/mol. The summed E-state index contributed by atoms with van der Waals surface area (Å²) in [6, 6.07) is 2.15. The zero-order valence-electron chi connectivity index (χ0n) is 11.4.